The van der Waals surface area contributed by atoms with Crippen molar-refractivity contribution in [2.45, 2.75) is 13.8 Å². The van der Waals surface area contributed by atoms with Crippen LogP contribution in [0, 0.1) is 10.1 Å². The maximum absolute atomic E-state index is 12.3. The number of nitro benzene ring substituents is 1. The molecule has 0 fully saturated rings. The minimum Gasteiger partial charge on any atom is -0.380 e. The number of rotatable bonds is 7. The van der Waals surface area contributed by atoms with Crippen molar-refractivity contribution in [2.75, 3.05) is 26.3 Å². The lowest BCUT2D eigenvalue weighted by molar-refractivity contribution is -0.385. The molecule has 0 bridgehead atoms. The molecule has 1 amide bonds. The first-order chi connectivity index (χ1) is 9.51. The third-order valence-corrected chi connectivity index (χ3v) is 3.44. The first kappa shape index (κ1) is 16.6. The number of amides is 1. The molecule has 7 heteroatoms. The Labute approximate surface area is 126 Å². The van der Waals surface area contributed by atoms with Crippen molar-refractivity contribution < 1.29 is 14.5 Å². The summed E-state index contributed by atoms with van der Waals surface area (Å²) < 4.78 is 5.58. The van der Waals surface area contributed by atoms with Gasteiger partial charge >= 0.3 is 0 Å². The summed E-state index contributed by atoms with van der Waals surface area (Å²) in [6.45, 7) is 5.78. The third kappa shape index (κ3) is 4.28. The lowest BCUT2D eigenvalue weighted by atomic mass is 10.1. The Bertz CT molecular complexity index is 493. The first-order valence-electron chi connectivity index (χ1n) is 6.32. The second-order valence-electron chi connectivity index (χ2n) is 4.01. The minimum absolute atomic E-state index is 0.114. The van der Waals surface area contributed by atoms with E-state index in [9.17, 15) is 14.9 Å². The van der Waals surface area contributed by atoms with Crippen molar-refractivity contribution in [1.82, 2.24) is 4.90 Å². The number of halogens is 1. The number of hydrogen-bond donors (Lipinski definition) is 0. The Kier molecular flexibility index (Phi) is 6.60. The monoisotopic (exact) mass is 344 g/mol. The molecule has 0 aliphatic carbocycles. The van der Waals surface area contributed by atoms with E-state index in [1.807, 2.05) is 13.8 Å². The summed E-state index contributed by atoms with van der Waals surface area (Å²) >= 11 is 3.10. The molecule has 0 saturated carbocycles. The van der Waals surface area contributed by atoms with Crippen LogP contribution in [0.1, 0.15) is 24.2 Å². The van der Waals surface area contributed by atoms with E-state index in [-0.39, 0.29) is 11.6 Å². The topological polar surface area (TPSA) is 72.7 Å². The molecule has 0 unspecified atom stereocenters. The number of hydrogen-bond acceptors (Lipinski definition) is 4. The minimum atomic E-state index is -0.517. The molecule has 0 aromatic heterocycles. The van der Waals surface area contributed by atoms with Crippen LogP contribution in [0.3, 0.4) is 0 Å². The van der Waals surface area contributed by atoms with Gasteiger partial charge in [-0.05, 0) is 41.9 Å². The van der Waals surface area contributed by atoms with E-state index in [4.69, 9.17) is 4.74 Å². The maximum atomic E-state index is 12.3. The zero-order valence-electron chi connectivity index (χ0n) is 11.5. The van der Waals surface area contributed by atoms with E-state index >= 15 is 0 Å². The van der Waals surface area contributed by atoms with Gasteiger partial charge in [0.25, 0.3) is 11.6 Å². The average Bonchev–Trinajstić information content (AvgIpc) is 2.43. The van der Waals surface area contributed by atoms with E-state index in [0.29, 0.717) is 36.3 Å². The van der Waals surface area contributed by atoms with Gasteiger partial charge in [0.1, 0.15) is 0 Å². The summed E-state index contributed by atoms with van der Waals surface area (Å²) in [4.78, 5) is 24.2. The molecule has 6 nitrogen and oxygen atoms in total. The summed E-state index contributed by atoms with van der Waals surface area (Å²) in [6, 6.07) is 4.38. The molecule has 0 atom stereocenters. The van der Waals surface area contributed by atoms with Gasteiger partial charge in [-0.15, -0.1) is 0 Å². The highest BCUT2D eigenvalue weighted by Crippen LogP contribution is 2.26. The van der Waals surface area contributed by atoms with Crippen LogP contribution in [0.2, 0.25) is 0 Å². The smallest absolute Gasteiger partial charge is 0.284 e. The van der Waals surface area contributed by atoms with Crippen molar-refractivity contribution in [3.8, 4) is 0 Å². The fourth-order valence-electron chi connectivity index (χ4n) is 1.69. The summed E-state index contributed by atoms with van der Waals surface area (Å²) in [5.41, 5.74) is 0.190. The highest BCUT2D eigenvalue weighted by molar-refractivity contribution is 9.10. The summed E-state index contributed by atoms with van der Waals surface area (Å²) in [5, 5.41) is 10.9. The van der Waals surface area contributed by atoms with Crippen molar-refractivity contribution in [3.63, 3.8) is 0 Å². The predicted octanol–water partition coefficient (Wildman–Crippen LogP) is 2.86. The first-order valence-corrected chi connectivity index (χ1v) is 7.11. The van der Waals surface area contributed by atoms with E-state index in [1.54, 1.807) is 11.0 Å². The standard InChI is InChI=1S/C13H17BrN2O4/c1-3-15(7-8-20-4-2)13(17)10-5-6-11(14)12(9-10)16(18)19/h5-6,9H,3-4,7-8H2,1-2H3. The van der Waals surface area contributed by atoms with Crippen molar-refractivity contribution in [1.29, 1.82) is 0 Å². The zero-order valence-corrected chi connectivity index (χ0v) is 13.1. The number of likely N-dealkylation sites (N-methyl/N-ethyl adjacent to an activating group) is 1. The molecule has 1 aromatic rings. The number of carbonyl (C=O) groups is 1. The molecule has 110 valence electrons. The predicted molar refractivity (Wildman–Crippen MR) is 78.9 cm³/mol. The molecule has 0 aliphatic heterocycles. The number of nitrogens with zero attached hydrogens (tertiary/aromatic N) is 2. The van der Waals surface area contributed by atoms with Crippen LogP contribution >= 0.6 is 15.9 Å². The van der Waals surface area contributed by atoms with Crippen molar-refractivity contribution in [3.05, 3.63) is 38.3 Å². The normalized spacial score (nSPS) is 10.3. The SMILES string of the molecule is CCOCCN(CC)C(=O)c1ccc(Br)c([N+](=O)[O-])c1. The second-order valence-corrected chi connectivity index (χ2v) is 4.86. The summed E-state index contributed by atoms with van der Waals surface area (Å²) in [7, 11) is 0. The van der Waals surface area contributed by atoms with Gasteiger partial charge < -0.3 is 9.64 Å². The summed E-state index contributed by atoms with van der Waals surface area (Å²) in [5.74, 6) is -0.234. The van der Waals surface area contributed by atoms with Crippen LogP contribution in [-0.4, -0.2) is 42.0 Å². The number of benzene rings is 1. The van der Waals surface area contributed by atoms with Gasteiger partial charge in [-0.25, -0.2) is 0 Å². The summed E-state index contributed by atoms with van der Waals surface area (Å²) in [6.07, 6.45) is 0. The molecule has 0 radical (unpaired) electrons. The van der Waals surface area contributed by atoms with Crippen LogP contribution in [0.5, 0.6) is 0 Å². The largest absolute Gasteiger partial charge is 0.380 e. The molecule has 0 aliphatic rings. The average molecular weight is 345 g/mol. The lowest BCUT2D eigenvalue weighted by Gasteiger charge is -2.20. The van der Waals surface area contributed by atoms with E-state index in [1.165, 1.54) is 12.1 Å². The molecular formula is C13H17BrN2O4. The van der Waals surface area contributed by atoms with Gasteiger partial charge in [0.2, 0.25) is 0 Å². The van der Waals surface area contributed by atoms with Crippen molar-refractivity contribution >= 4 is 27.5 Å². The van der Waals surface area contributed by atoms with Gasteiger partial charge in [-0.2, -0.15) is 0 Å². The van der Waals surface area contributed by atoms with Gasteiger partial charge in [-0.1, -0.05) is 0 Å². The van der Waals surface area contributed by atoms with Gasteiger partial charge in [0.05, 0.1) is 16.0 Å². The third-order valence-electron chi connectivity index (χ3n) is 2.77. The molecule has 1 aromatic carbocycles. The molecule has 0 saturated heterocycles. The quantitative estimate of drug-likeness (QED) is 0.433. The molecule has 0 spiro atoms. The highest BCUT2D eigenvalue weighted by Gasteiger charge is 2.19. The molecule has 1 rings (SSSR count). The van der Waals surface area contributed by atoms with Gasteiger partial charge in [0, 0.05) is 31.3 Å². The fraction of sp³-hybridized carbons (Fsp3) is 0.462. The molecule has 20 heavy (non-hydrogen) atoms. The highest BCUT2D eigenvalue weighted by atomic mass is 79.9. The Balaban J connectivity index is 2.89. The Morgan fingerprint density at radius 1 is 1.45 bits per heavy atom. The Morgan fingerprint density at radius 3 is 2.70 bits per heavy atom. The zero-order chi connectivity index (χ0) is 15.1. The lowest BCUT2D eigenvalue weighted by Crippen LogP contribution is -2.33. The molecule has 0 N–H and O–H groups in total. The second kappa shape index (κ2) is 7.96. The van der Waals surface area contributed by atoms with Crippen LogP contribution in [0.4, 0.5) is 5.69 Å². The van der Waals surface area contributed by atoms with Crippen LogP contribution in [-0.2, 0) is 4.74 Å². The van der Waals surface area contributed by atoms with E-state index in [2.05, 4.69) is 15.9 Å². The maximum Gasteiger partial charge on any atom is 0.284 e. The Morgan fingerprint density at radius 2 is 2.15 bits per heavy atom. The van der Waals surface area contributed by atoms with E-state index < -0.39 is 4.92 Å². The van der Waals surface area contributed by atoms with E-state index in [0.717, 1.165) is 0 Å². The number of ether oxygens (including phenoxy) is 1. The van der Waals surface area contributed by atoms with Gasteiger partial charge in [-0.3, -0.25) is 14.9 Å². The van der Waals surface area contributed by atoms with Crippen LogP contribution < -0.4 is 0 Å². The van der Waals surface area contributed by atoms with Crippen LogP contribution in [0.15, 0.2) is 22.7 Å². The number of nitro groups is 1. The van der Waals surface area contributed by atoms with Gasteiger partial charge in [0.15, 0.2) is 0 Å². The number of carbonyl (C=O) groups excluding carboxylic acids is 1. The molecular weight excluding hydrogens is 328 g/mol. The van der Waals surface area contributed by atoms with Crippen molar-refractivity contribution in [2.24, 2.45) is 0 Å². The fourth-order valence-corrected chi connectivity index (χ4v) is 2.08. The molecule has 0 heterocycles. The Hall–Kier alpha value is -1.47. The van der Waals surface area contributed by atoms with Crippen LogP contribution in [0.25, 0.3) is 0 Å².